The summed E-state index contributed by atoms with van der Waals surface area (Å²) >= 11 is 0. The van der Waals surface area contributed by atoms with Gasteiger partial charge in [0.1, 0.15) is 17.4 Å². The fourth-order valence-corrected chi connectivity index (χ4v) is 4.31. The Bertz CT molecular complexity index is 1520. The van der Waals surface area contributed by atoms with E-state index in [1.54, 1.807) is 18.2 Å². The van der Waals surface area contributed by atoms with Gasteiger partial charge in [-0.05, 0) is 42.5 Å². The number of hydrogen-bond acceptors (Lipinski definition) is 5. The molecule has 1 aliphatic heterocycles. The number of ether oxygens (including phenoxy) is 1. The normalized spacial score (nSPS) is 13.4. The first-order valence-electron chi connectivity index (χ1n) is 10.8. The molecule has 1 N–H and O–H groups in total. The van der Waals surface area contributed by atoms with Gasteiger partial charge in [-0.3, -0.25) is 4.57 Å². The van der Waals surface area contributed by atoms with Crippen molar-refractivity contribution < 1.29 is 9.84 Å². The molecule has 6 heteroatoms. The van der Waals surface area contributed by atoms with Crippen molar-refractivity contribution in [2.45, 2.75) is 0 Å². The summed E-state index contributed by atoms with van der Waals surface area (Å²) in [5.41, 5.74) is 2.06. The average molecular weight is 434 g/mol. The molecule has 0 spiro atoms. The van der Waals surface area contributed by atoms with Crippen LogP contribution in [0.4, 0.5) is 5.82 Å². The van der Waals surface area contributed by atoms with Crippen molar-refractivity contribution in [1.82, 2.24) is 14.5 Å². The first kappa shape index (κ1) is 19.3. The second-order valence-corrected chi connectivity index (χ2v) is 8.12. The van der Waals surface area contributed by atoms with Crippen LogP contribution in [0.25, 0.3) is 27.6 Å². The maximum atomic E-state index is 10.1. The van der Waals surface area contributed by atoms with Crippen LogP contribution in [0.5, 0.6) is 17.2 Å². The highest BCUT2D eigenvalue weighted by atomic mass is 16.5. The molecule has 0 fully saturated rings. The molecule has 0 saturated heterocycles. The number of nitrogens with zero attached hydrogens (tertiary/aromatic N) is 4. The smallest absolute Gasteiger partial charge is 0.169 e. The van der Waals surface area contributed by atoms with E-state index in [9.17, 15) is 5.11 Å². The number of para-hydroxylation sites is 3. The van der Waals surface area contributed by atoms with Crippen LogP contribution in [0, 0.1) is 0 Å². The van der Waals surface area contributed by atoms with Gasteiger partial charge in [-0.15, -0.1) is 0 Å². The third-order valence-corrected chi connectivity index (χ3v) is 5.86. The number of phenolic OH excluding ortho intramolecular Hbond substituents is 1. The highest BCUT2D eigenvalue weighted by Crippen LogP contribution is 2.36. The Kier molecular flexibility index (Phi) is 4.43. The van der Waals surface area contributed by atoms with Gasteiger partial charge in [-0.2, -0.15) is 0 Å². The lowest BCUT2D eigenvalue weighted by Crippen LogP contribution is -2.22. The van der Waals surface area contributed by atoms with E-state index >= 15 is 0 Å². The lowest BCUT2D eigenvalue weighted by Gasteiger charge is -2.18. The number of aromatic hydroxyl groups is 1. The van der Waals surface area contributed by atoms with Crippen molar-refractivity contribution in [3.05, 3.63) is 97.3 Å². The van der Waals surface area contributed by atoms with Gasteiger partial charge in [0.25, 0.3) is 0 Å². The van der Waals surface area contributed by atoms with Gasteiger partial charge in [-0.25, -0.2) is 4.98 Å². The zero-order valence-corrected chi connectivity index (χ0v) is 18.1. The third-order valence-electron chi connectivity index (χ3n) is 5.86. The number of hydrogen-bond donors (Lipinski definition) is 1. The molecule has 6 nitrogen and oxygen atoms in total. The van der Waals surface area contributed by atoms with E-state index in [2.05, 4.69) is 32.6 Å². The van der Waals surface area contributed by atoms with Crippen LogP contribution in [-0.2, 0) is 0 Å². The van der Waals surface area contributed by atoms with E-state index in [0.29, 0.717) is 11.5 Å². The summed E-state index contributed by atoms with van der Waals surface area (Å²) in [4.78, 5) is 9.21. The summed E-state index contributed by atoms with van der Waals surface area (Å²) in [6.45, 7) is 0.766. The summed E-state index contributed by atoms with van der Waals surface area (Å²) < 4.78 is 8.18. The molecule has 5 aromatic rings. The Morgan fingerprint density at radius 1 is 0.788 bits per heavy atom. The van der Waals surface area contributed by atoms with Crippen LogP contribution in [0.15, 0.2) is 97.3 Å². The van der Waals surface area contributed by atoms with Crippen LogP contribution in [-0.4, -0.2) is 33.3 Å². The molecule has 162 valence electrons. The molecule has 0 atom stereocenters. The summed E-state index contributed by atoms with van der Waals surface area (Å²) in [7, 11) is 2.04. The van der Waals surface area contributed by atoms with E-state index in [0.717, 1.165) is 40.1 Å². The number of pyridine rings is 1. The number of aromatic nitrogens is 2. The summed E-state index contributed by atoms with van der Waals surface area (Å²) in [5, 5.41) is 12.4. The van der Waals surface area contributed by atoms with Crippen LogP contribution in [0.1, 0.15) is 0 Å². The lowest BCUT2D eigenvalue weighted by molar-refractivity contribution is 0.411. The molecule has 0 bridgehead atoms. The van der Waals surface area contributed by atoms with Crippen molar-refractivity contribution in [2.24, 2.45) is 0 Å². The molecule has 3 aromatic carbocycles. The minimum absolute atomic E-state index is 0.108. The second kappa shape index (κ2) is 7.60. The minimum atomic E-state index is 0.108. The molecule has 3 heterocycles. The number of anilines is 1. The standard InChI is InChI=1S/C27H22N4O2/c1-29-15-16-30(18-29)26-11-6-12-27(28-26)31-22-8-3-2-7-20(22)21-14-13-19(17-23(21)31)33-25-10-5-4-9-24(25)32/h2-17,32H,18H2,1H3. The predicted octanol–water partition coefficient (Wildman–Crippen LogP) is 5.86. The number of rotatable bonds is 4. The van der Waals surface area contributed by atoms with Crippen LogP contribution in [0.2, 0.25) is 0 Å². The fourth-order valence-electron chi connectivity index (χ4n) is 4.31. The lowest BCUT2D eigenvalue weighted by atomic mass is 10.1. The maximum Gasteiger partial charge on any atom is 0.169 e. The molecule has 0 amide bonds. The van der Waals surface area contributed by atoms with E-state index in [4.69, 9.17) is 9.72 Å². The number of fused-ring (bicyclic) bond motifs is 3. The zero-order valence-electron chi connectivity index (χ0n) is 18.1. The van der Waals surface area contributed by atoms with Crippen LogP contribution >= 0.6 is 0 Å². The SMILES string of the molecule is CN1C=CN(c2cccc(-n3c4ccccc4c4ccc(Oc5ccccc5O)cc43)n2)C1. The molecule has 1 aliphatic rings. The highest BCUT2D eigenvalue weighted by Gasteiger charge is 2.17. The highest BCUT2D eigenvalue weighted by molar-refractivity contribution is 6.09. The van der Waals surface area contributed by atoms with Gasteiger partial charge in [0.05, 0.1) is 17.7 Å². The molecule has 0 aliphatic carbocycles. The molecular weight excluding hydrogens is 412 g/mol. The molecular formula is C27H22N4O2. The maximum absolute atomic E-state index is 10.1. The third kappa shape index (κ3) is 3.32. The van der Waals surface area contributed by atoms with Gasteiger partial charge in [-0.1, -0.05) is 36.4 Å². The number of benzene rings is 3. The zero-order chi connectivity index (χ0) is 22.4. The first-order chi connectivity index (χ1) is 16.2. The van der Waals surface area contributed by atoms with Gasteiger partial charge in [0.2, 0.25) is 0 Å². The molecule has 0 saturated carbocycles. The van der Waals surface area contributed by atoms with Crippen LogP contribution < -0.4 is 9.64 Å². The Labute approximate surface area is 191 Å². The molecule has 33 heavy (non-hydrogen) atoms. The van der Waals surface area contributed by atoms with Gasteiger partial charge < -0.3 is 19.6 Å². The first-order valence-corrected chi connectivity index (χ1v) is 10.8. The Balaban J connectivity index is 1.52. The minimum Gasteiger partial charge on any atom is -0.504 e. The number of phenols is 1. The molecule has 0 radical (unpaired) electrons. The van der Waals surface area contributed by atoms with E-state index in [-0.39, 0.29) is 5.75 Å². The van der Waals surface area contributed by atoms with Crippen LogP contribution in [0.3, 0.4) is 0 Å². The quantitative estimate of drug-likeness (QED) is 0.384. The van der Waals surface area contributed by atoms with Crippen molar-refractivity contribution in [3.8, 4) is 23.1 Å². The summed E-state index contributed by atoms with van der Waals surface area (Å²) in [6.07, 6.45) is 4.08. The van der Waals surface area contributed by atoms with Crippen molar-refractivity contribution in [1.29, 1.82) is 0 Å². The van der Waals surface area contributed by atoms with Crippen molar-refractivity contribution in [2.75, 3.05) is 18.6 Å². The summed E-state index contributed by atoms with van der Waals surface area (Å²) in [6, 6.07) is 27.4. The predicted molar refractivity (Wildman–Crippen MR) is 131 cm³/mol. The average Bonchev–Trinajstić information content (AvgIpc) is 3.42. The van der Waals surface area contributed by atoms with E-state index in [1.165, 1.54) is 0 Å². The summed E-state index contributed by atoms with van der Waals surface area (Å²) in [5.74, 6) is 2.90. The Morgan fingerprint density at radius 3 is 2.42 bits per heavy atom. The van der Waals surface area contributed by atoms with Gasteiger partial charge in [0.15, 0.2) is 11.5 Å². The molecule has 2 aromatic heterocycles. The molecule has 6 rings (SSSR count). The Hall–Kier alpha value is -4.45. The topological polar surface area (TPSA) is 53.8 Å². The molecule has 0 unspecified atom stereocenters. The van der Waals surface area contributed by atoms with E-state index < -0.39 is 0 Å². The van der Waals surface area contributed by atoms with Crippen molar-refractivity contribution >= 4 is 27.6 Å². The van der Waals surface area contributed by atoms with Crippen molar-refractivity contribution in [3.63, 3.8) is 0 Å². The Morgan fingerprint density at radius 2 is 1.58 bits per heavy atom. The largest absolute Gasteiger partial charge is 0.504 e. The fraction of sp³-hybridized carbons (Fsp3) is 0.0741. The van der Waals surface area contributed by atoms with Gasteiger partial charge >= 0.3 is 0 Å². The monoisotopic (exact) mass is 434 g/mol. The second-order valence-electron chi connectivity index (χ2n) is 8.12. The van der Waals surface area contributed by atoms with Gasteiger partial charge in [0, 0.05) is 36.3 Å². The van der Waals surface area contributed by atoms with E-state index in [1.807, 2.05) is 68.0 Å².